The molecule has 1 aromatic carbocycles. The van der Waals surface area contributed by atoms with Crippen molar-refractivity contribution in [2.45, 2.75) is 76.3 Å². The van der Waals surface area contributed by atoms with Crippen molar-refractivity contribution in [2.24, 2.45) is 5.92 Å². The van der Waals surface area contributed by atoms with Gasteiger partial charge in [0.2, 0.25) is 33.7 Å². The van der Waals surface area contributed by atoms with Crippen LogP contribution in [-0.4, -0.2) is 87.8 Å². The third kappa shape index (κ3) is 10.1. The maximum Gasteiger partial charge on any atom is 0.434 e. The summed E-state index contributed by atoms with van der Waals surface area (Å²) in [6.45, 7) is 4.70. The van der Waals surface area contributed by atoms with Gasteiger partial charge in [0.25, 0.3) is 0 Å². The molecule has 276 valence electrons. The summed E-state index contributed by atoms with van der Waals surface area (Å²) in [5.74, 6) is -2.43. The number of hydrogen-bond acceptors (Lipinski definition) is 9. The number of pyridine rings is 1. The minimum absolute atomic E-state index is 0.0623. The molecule has 19 heteroatoms. The fourth-order valence-corrected chi connectivity index (χ4v) is 6.90. The molecule has 0 aliphatic carbocycles. The topological polar surface area (TPSA) is 197 Å². The summed E-state index contributed by atoms with van der Waals surface area (Å²) < 4.78 is 70.4. The lowest BCUT2D eigenvalue weighted by Gasteiger charge is -2.25. The molecule has 4 rings (SSSR count). The molecule has 51 heavy (non-hydrogen) atoms. The Hall–Kier alpha value is -4.91. The number of carbonyl (C=O) groups excluding carboxylic acids is 4. The fraction of sp³-hybridized carbons (Fsp3) is 0.469. The molecule has 0 saturated carbocycles. The van der Waals surface area contributed by atoms with Gasteiger partial charge in [-0.2, -0.15) is 22.6 Å². The third-order valence-corrected chi connectivity index (χ3v) is 9.64. The van der Waals surface area contributed by atoms with E-state index in [4.69, 9.17) is 0 Å². The lowest BCUT2D eigenvalue weighted by molar-refractivity contribution is -0.143. The maximum atomic E-state index is 13.8. The highest BCUT2D eigenvalue weighted by Gasteiger charge is 2.41. The Labute approximate surface area is 292 Å². The largest absolute Gasteiger partial charge is 0.434 e. The predicted molar refractivity (Wildman–Crippen MR) is 177 cm³/mol. The van der Waals surface area contributed by atoms with E-state index in [0.29, 0.717) is 9.87 Å². The van der Waals surface area contributed by atoms with E-state index >= 15 is 0 Å². The molecule has 0 unspecified atom stereocenters. The van der Waals surface area contributed by atoms with Crippen LogP contribution in [0.5, 0.6) is 0 Å². The number of aromatic nitrogens is 4. The first-order valence-corrected chi connectivity index (χ1v) is 17.6. The zero-order chi connectivity index (χ0) is 37.5. The van der Waals surface area contributed by atoms with Crippen molar-refractivity contribution in [1.29, 1.82) is 0 Å². The van der Waals surface area contributed by atoms with E-state index in [-0.39, 0.29) is 43.5 Å². The van der Waals surface area contributed by atoms with Crippen LogP contribution in [0.3, 0.4) is 0 Å². The molecule has 0 spiro atoms. The smallest absolute Gasteiger partial charge is 0.354 e. The average Bonchev–Trinajstić information content (AvgIpc) is 3.48. The number of rotatable bonds is 5. The van der Waals surface area contributed by atoms with Crippen LogP contribution in [0, 0.1) is 5.92 Å². The Balaban J connectivity index is 1.69. The number of nitrogens with zero attached hydrogens (tertiary/aromatic N) is 5. The highest BCUT2D eigenvalue weighted by atomic mass is 32.2. The van der Waals surface area contributed by atoms with Crippen molar-refractivity contribution >= 4 is 33.7 Å². The van der Waals surface area contributed by atoms with Crippen LogP contribution in [0.2, 0.25) is 0 Å². The Morgan fingerprint density at radius 1 is 0.902 bits per heavy atom. The highest BCUT2D eigenvalue weighted by Crippen LogP contribution is 2.33. The average molecular weight is 736 g/mol. The molecule has 3 atom stereocenters. The minimum Gasteiger partial charge on any atom is -0.354 e. The summed E-state index contributed by atoms with van der Waals surface area (Å²) in [5, 5.41) is 14.9. The fourth-order valence-electron chi connectivity index (χ4n) is 5.30. The van der Waals surface area contributed by atoms with Crippen LogP contribution in [0.15, 0.2) is 53.6 Å². The molecule has 3 aromatic rings. The molecule has 0 radical (unpaired) electrons. The van der Waals surface area contributed by atoms with Crippen LogP contribution in [0.25, 0.3) is 11.4 Å². The van der Waals surface area contributed by atoms with Gasteiger partial charge in [-0.05, 0) is 44.7 Å². The number of nitrogens with one attached hydrogen (secondary N) is 4. The molecule has 0 saturated heterocycles. The van der Waals surface area contributed by atoms with Crippen LogP contribution in [0.4, 0.5) is 13.2 Å². The molecular weight excluding hydrogens is 695 g/mol. The molecule has 4 N–H and O–H groups in total. The van der Waals surface area contributed by atoms with Crippen molar-refractivity contribution in [3.63, 3.8) is 0 Å². The standard InChI is InChI=1S/C32H40F3N9O6S/c1-19(2)16-23-31(48)39-20(3)29-41-28(22-10-6-5-7-11-22)42-44(29)18-25(45)36-14-9-15-43(17-26(46)38-21(4)30(47)40-23)51(49,50)24-12-8-13-37-27(24)32(33,34)35/h5-8,10-13,19-21,23H,9,14-18H2,1-4H3,(H,36,45)(H,38,46)(H,39,48)(H,40,47)/t20-,21+,23+/m0/s1. The first kappa shape index (κ1) is 38.9. The molecule has 0 fully saturated rings. The van der Waals surface area contributed by atoms with Gasteiger partial charge >= 0.3 is 6.18 Å². The Bertz CT molecular complexity index is 1840. The van der Waals surface area contributed by atoms with Crippen molar-refractivity contribution in [2.75, 3.05) is 19.6 Å². The molecule has 2 aromatic heterocycles. The number of benzene rings is 1. The van der Waals surface area contributed by atoms with Gasteiger partial charge in [-0.1, -0.05) is 44.2 Å². The summed E-state index contributed by atoms with van der Waals surface area (Å²) in [5.41, 5.74) is -1.01. The van der Waals surface area contributed by atoms with Gasteiger partial charge in [0.15, 0.2) is 11.5 Å². The van der Waals surface area contributed by atoms with Gasteiger partial charge in [0.1, 0.15) is 29.3 Å². The van der Waals surface area contributed by atoms with Crippen LogP contribution >= 0.6 is 0 Å². The van der Waals surface area contributed by atoms with Crippen molar-refractivity contribution in [3.8, 4) is 11.4 Å². The highest BCUT2D eigenvalue weighted by molar-refractivity contribution is 7.89. The van der Waals surface area contributed by atoms with Crippen molar-refractivity contribution < 1.29 is 40.8 Å². The summed E-state index contributed by atoms with van der Waals surface area (Å²) in [4.78, 5) is 59.6. The van der Waals surface area contributed by atoms with Crippen LogP contribution < -0.4 is 21.3 Å². The number of amides is 4. The second-order valence-corrected chi connectivity index (χ2v) is 14.3. The quantitative estimate of drug-likeness (QED) is 0.302. The zero-order valence-corrected chi connectivity index (χ0v) is 29.2. The lowest BCUT2D eigenvalue weighted by Crippen LogP contribution is -2.54. The zero-order valence-electron chi connectivity index (χ0n) is 28.4. The predicted octanol–water partition coefficient (Wildman–Crippen LogP) is 1.78. The summed E-state index contributed by atoms with van der Waals surface area (Å²) >= 11 is 0. The van der Waals surface area contributed by atoms with E-state index in [1.54, 1.807) is 31.2 Å². The van der Waals surface area contributed by atoms with E-state index in [1.165, 1.54) is 11.6 Å². The Morgan fingerprint density at radius 3 is 2.27 bits per heavy atom. The lowest BCUT2D eigenvalue weighted by atomic mass is 10.0. The Morgan fingerprint density at radius 2 is 1.61 bits per heavy atom. The van der Waals surface area contributed by atoms with Gasteiger partial charge in [-0.15, -0.1) is 0 Å². The van der Waals surface area contributed by atoms with E-state index in [2.05, 4.69) is 36.3 Å². The molecule has 0 bridgehead atoms. The van der Waals surface area contributed by atoms with E-state index in [1.807, 2.05) is 19.9 Å². The van der Waals surface area contributed by atoms with Gasteiger partial charge in [-0.25, -0.2) is 18.1 Å². The summed E-state index contributed by atoms with van der Waals surface area (Å²) in [7, 11) is -4.98. The number of fused-ring (bicyclic) bond motifs is 1. The second-order valence-electron chi connectivity index (χ2n) is 12.4. The van der Waals surface area contributed by atoms with E-state index in [0.717, 1.165) is 18.3 Å². The van der Waals surface area contributed by atoms with Crippen LogP contribution in [-0.2, 0) is 41.9 Å². The summed E-state index contributed by atoms with van der Waals surface area (Å²) in [6.07, 6.45) is -4.24. The minimum atomic E-state index is -5.13. The SMILES string of the molecule is CC(C)C[C@H]1NC(=O)[C@@H](C)NC(=O)CN(S(=O)(=O)c2cccnc2C(F)(F)F)CCCNC(=O)Cn2nc(-c3ccccc3)nc2[C@H](C)NC1=O. The molecule has 4 amide bonds. The monoisotopic (exact) mass is 735 g/mol. The first-order chi connectivity index (χ1) is 24.0. The summed E-state index contributed by atoms with van der Waals surface area (Å²) in [6, 6.07) is 7.55. The molecule has 1 aliphatic rings. The normalized spacial score (nSPS) is 21.0. The molecular formula is C32H40F3N9O6S. The molecule has 15 nitrogen and oxygen atoms in total. The second kappa shape index (κ2) is 16.4. The van der Waals surface area contributed by atoms with E-state index in [9.17, 15) is 40.8 Å². The van der Waals surface area contributed by atoms with Crippen molar-refractivity contribution in [1.82, 2.24) is 45.3 Å². The van der Waals surface area contributed by atoms with Gasteiger partial charge in [-0.3, -0.25) is 24.2 Å². The van der Waals surface area contributed by atoms with Gasteiger partial charge < -0.3 is 21.3 Å². The number of halogens is 3. The molecule has 1 aliphatic heterocycles. The number of carbonyl (C=O) groups is 4. The van der Waals surface area contributed by atoms with E-state index < -0.39 is 81.6 Å². The molecule has 3 heterocycles. The third-order valence-electron chi connectivity index (χ3n) is 7.77. The van der Waals surface area contributed by atoms with Gasteiger partial charge in [0, 0.05) is 24.8 Å². The van der Waals surface area contributed by atoms with Crippen molar-refractivity contribution in [3.05, 3.63) is 60.2 Å². The number of sulfonamides is 1. The first-order valence-electron chi connectivity index (χ1n) is 16.2. The van der Waals surface area contributed by atoms with Gasteiger partial charge in [0.05, 0.1) is 12.6 Å². The number of alkyl halides is 3. The Kier molecular flexibility index (Phi) is 12.5. The maximum absolute atomic E-state index is 13.8. The van der Waals surface area contributed by atoms with Crippen LogP contribution in [0.1, 0.15) is 58.1 Å². The number of hydrogen-bond donors (Lipinski definition) is 4.